The molecule has 27 nitrogen and oxygen atoms in total. The fraction of sp³-hybridized carbons (Fsp3) is 0.126. The Morgan fingerprint density at radius 2 is 0.611 bits per heavy atom. The van der Waals surface area contributed by atoms with E-state index in [1.807, 2.05) is 0 Å². The Kier molecular flexibility index (Phi) is 33.6. The number of primary amides is 5. The third kappa shape index (κ3) is 24.0. The standard InChI is InChI=1S/C24H23ClF2N4O3.C22H19ClF2N4O2.C21H17ClF2N4O3.C20H15ClF2N4O3/c1-13(2)21(28)23(32)34-12-15-14(6-3-7-16(15)25)19-10-5-11-20(30-19)31(24(29)33)22-17(26)8-4-9-18(22)27;1-13(30)11-27-12-15-14(5-2-6-16(15)23)19-9-4-10-20(28-19)29(22(26)31)21-17(24)7-3-8-18(21)25;22-14-5-1-4-12(13(14)11-31-19(29)10-25)17-8-3-9-18(27-17)28(21(26)30)20-15(23)6-2-7-16(20)24;21-13-5-1-4-11(12(13)10-30-20(25)29)16-8-3-9-17(26-16)27(19(24)28)18-14(22)6-2-7-15(18)23/h3-11,13,21H,12,28H2,1-2H3,(H2,29,33);2-10,27H,11-12H2,1H3,(H2,26,31);1-9H,10-11,25H2,(H2,26,30);1-9H,10H2,(H2,24,28)(H2,25,29). The number of halogens is 12. The molecule has 0 aliphatic rings. The molecule has 0 fully saturated rings. The molecular formula is C87H74Cl4F8N16O11. The number of aromatic nitrogens is 4. The Balaban J connectivity index is 0.000000190. The number of benzene rings is 8. The highest BCUT2D eigenvalue weighted by molar-refractivity contribution is 6.33. The van der Waals surface area contributed by atoms with Gasteiger partial charge in [-0.2, -0.15) is 0 Å². The van der Waals surface area contributed by atoms with Crippen LogP contribution in [-0.2, 0) is 55.0 Å². The average Bonchev–Trinajstić information content (AvgIpc) is 0.796. The number of ether oxygens (including phenoxy) is 3. The van der Waals surface area contributed by atoms with E-state index in [9.17, 15) is 73.5 Å². The number of nitrogens with zero attached hydrogens (tertiary/aromatic N) is 8. The van der Waals surface area contributed by atoms with Crippen molar-refractivity contribution in [3.63, 3.8) is 0 Å². The molecular weight excluding hydrogens is 1740 g/mol. The van der Waals surface area contributed by atoms with Crippen molar-refractivity contribution in [3.05, 3.63) is 307 Å². The molecule has 0 bridgehead atoms. The molecule has 0 saturated carbocycles. The molecule has 12 aromatic rings. The lowest BCUT2D eigenvalue weighted by atomic mass is 10.0. The van der Waals surface area contributed by atoms with Crippen LogP contribution in [0.4, 0.5) is 105 Å². The van der Waals surface area contributed by atoms with Gasteiger partial charge < -0.3 is 59.7 Å². The van der Waals surface area contributed by atoms with Gasteiger partial charge in [0.15, 0.2) is 0 Å². The molecule has 0 aliphatic heterocycles. The van der Waals surface area contributed by atoms with Crippen molar-refractivity contribution >= 4 is 140 Å². The highest BCUT2D eigenvalue weighted by Gasteiger charge is 2.31. The zero-order valence-electron chi connectivity index (χ0n) is 66.3. The van der Waals surface area contributed by atoms with Gasteiger partial charge >= 0.3 is 42.2 Å². The van der Waals surface area contributed by atoms with Crippen LogP contribution in [0.3, 0.4) is 0 Å². The van der Waals surface area contributed by atoms with Crippen LogP contribution in [-0.4, -0.2) is 87.0 Å². The van der Waals surface area contributed by atoms with Gasteiger partial charge in [0.05, 0.1) is 35.9 Å². The van der Waals surface area contributed by atoms with E-state index in [-0.39, 0.29) is 72.9 Å². The number of ketones is 1. The van der Waals surface area contributed by atoms with Crippen LogP contribution in [0.1, 0.15) is 43.0 Å². The smallest absolute Gasteiger partial charge is 0.404 e. The summed E-state index contributed by atoms with van der Waals surface area (Å²) in [6.45, 7) is 4.65. The molecule has 12 rings (SSSR count). The monoisotopic (exact) mass is 1810 g/mol. The molecule has 39 heteroatoms. The molecule has 0 aliphatic carbocycles. The highest BCUT2D eigenvalue weighted by Crippen LogP contribution is 2.40. The topological polar surface area (TPSA) is 423 Å². The predicted octanol–water partition coefficient (Wildman–Crippen LogP) is 17.9. The number of rotatable bonds is 25. The molecule has 0 spiro atoms. The number of hydrogen-bond donors (Lipinski definition) is 8. The number of hydrogen-bond acceptors (Lipinski definition) is 18. The summed E-state index contributed by atoms with van der Waals surface area (Å²) in [5.74, 6) is -9.57. The van der Waals surface area contributed by atoms with E-state index in [1.54, 1.807) is 117 Å². The number of esters is 2. The number of urea groups is 4. The van der Waals surface area contributed by atoms with Crippen molar-refractivity contribution in [2.45, 2.75) is 53.2 Å². The van der Waals surface area contributed by atoms with E-state index in [0.29, 0.717) is 108 Å². The van der Waals surface area contributed by atoms with E-state index < -0.39 is 117 Å². The zero-order chi connectivity index (χ0) is 91.9. The van der Waals surface area contributed by atoms with Gasteiger partial charge in [-0.15, -0.1) is 0 Å². The maximum Gasteiger partial charge on any atom is 0.404 e. The molecule has 1 atom stereocenters. The Labute approximate surface area is 733 Å². The zero-order valence-corrected chi connectivity index (χ0v) is 69.4. The quantitative estimate of drug-likeness (QED) is 0.0150. The van der Waals surface area contributed by atoms with Crippen LogP contribution in [0.25, 0.3) is 45.0 Å². The maximum absolute atomic E-state index is 14.4. The Morgan fingerprint density at radius 1 is 0.365 bits per heavy atom. The van der Waals surface area contributed by atoms with Gasteiger partial charge in [-0.25, -0.2) is 98.6 Å². The summed E-state index contributed by atoms with van der Waals surface area (Å²) in [7, 11) is 0. The van der Waals surface area contributed by atoms with Gasteiger partial charge in [0.2, 0.25) is 0 Å². The summed E-state index contributed by atoms with van der Waals surface area (Å²) >= 11 is 25.2. The lowest BCUT2D eigenvalue weighted by Crippen LogP contribution is -2.36. The average molecular weight is 1810 g/mol. The van der Waals surface area contributed by atoms with Gasteiger partial charge in [0, 0.05) is 65.6 Å². The fourth-order valence-electron chi connectivity index (χ4n) is 12.0. The second kappa shape index (κ2) is 44.2. The number of carbonyl (C=O) groups excluding carboxylic acids is 8. The van der Waals surface area contributed by atoms with Crippen LogP contribution in [0, 0.1) is 52.5 Å². The van der Waals surface area contributed by atoms with Crippen molar-refractivity contribution in [1.29, 1.82) is 0 Å². The van der Waals surface area contributed by atoms with E-state index >= 15 is 0 Å². The molecule has 0 radical (unpaired) electrons. The van der Waals surface area contributed by atoms with E-state index in [0.717, 1.165) is 60.7 Å². The number of Topliss-reactive ketones (excluding diaryl/α,β-unsaturated/α-hetero) is 1. The Bertz CT molecular complexity index is 6000. The highest BCUT2D eigenvalue weighted by atomic mass is 35.5. The number of nitrogens with two attached hydrogens (primary N) is 7. The summed E-state index contributed by atoms with van der Waals surface area (Å²) < 4.78 is 130. The minimum Gasteiger partial charge on any atom is -0.460 e. The number of nitrogens with one attached hydrogen (secondary N) is 1. The minimum atomic E-state index is -1.13. The SMILES string of the molecule is CC(=O)CNCc1c(Cl)cccc1-c1cccc(N(C(N)=O)c2c(F)cccc2F)n1.CC(C)C(N)C(=O)OCc1c(Cl)cccc1-c1cccc(N(C(N)=O)c2c(F)cccc2F)n1.NC(=O)OCc1c(Cl)cccc1-c1cccc(N(C(N)=O)c2c(F)cccc2F)n1.NCC(=O)OCc1c(Cl)cccc1-c1cccc(N(C(N)=O)c2c(F)cccc2F)n1. The van der Waals surface area contributed by atoms with Crippen molar-refractivity contribution < 1.29 is 87.7 Å². The van der Waals surface area contributed by atoms with Gasteiger partial charge in [-0.1, -0.05) is 157 Å². The summed E-state index contributed by atoms with van der Waals surface area (Å²) in [4.78, 5) is 114. The summed E-state index contributed by atoms with van der Waals surface area (Å²) in [6, 6.07) is 45.6. The Hall–Kier alpha value is -14.2. The predicted molar refractivity (Wildman–Crippen MR) is 459 cm³/mol. The summed E-state index contributed by atoms with van der Waals surface area (Å²) in [5.41, 5.74) is 40.5. The summed E-state index contributed by atoms with van der Waals surface area (Å²) in [5, 5.41) is 4.35. The van der Waals surface area contributed by atoms with Gasteiger partial charge in [0.1, 0.15) is 124 Å². The molecule has 15 N–H and O–H groups in total. The molecule has 652 valence electrons. The van der Waals surface area contributed by atoms with Crippen molar-refractivity contribution in [2.24, 2.45) is 46.1 Å². The third-order valence-corrected chi connectivity index (χ3v) is 19.3. The maximum atomic E-state index is 14.4. The first kappa shape index (κ1) is 95.6. The van der Waals surface area contributed by atoms with Crippen LogP contribution in [0.15, 0.2) is 218 Å². The first-order valence-electron chi connectivity index (χ1n) is 37.1. The van der Waals surface area contributed by atoms with E-state index in [4.69, 9.17) is 101 Å². The number of carbonyl (C=O) groups is 8. The third-order valence-electron chi connectivity index (χ3n) is 17.9. The second-order valence-corrected chi connectivity index (χ2v) is 28.3. The number of para-hydroxylation sites is 4. The molecule has 1 unspecified atom stereocenters. The number of anilines is 8. The first-order valence-corrected chi connectivity index (χ1v) is 38.6. The largest absolute Gasteiger partial charge is 0.460 e. The molecule has 8 aromatic carbocycles. The molecule has 4 heterocycles. The fourth-order valence-corrected chi connectivity index (χ4v) is 12.9. The molecule has 9 amide bonds. The van der Waals surface area contributed by atoms with Crippen molar-refractivity contribution in [3.8, 4) is 45.0 Å². The molecule has 4 aromatic heterocycles. The van der Waals surface area contributed by atoms with Crippen molar-refractivity contribution in [1.82, 2.24) is 25.3 Å². The van der Waals surface area contributed by atoms with E-state index in [2.05, 4.69) is 25.3 Å². The normalized spacial score (nSPS) is 10.9. The number of pyridine rings is 4. The molecule has 126 heavy (non-hydrogen) atoms. The van der Waals surface area contributed by atoms with Crippen LogP contribution >= 0.6 is 46.4 Å². The van der Waals surface area contributed by atoms with Gasteiger partial charge in [-0.05, 0) is 140 Å². The van der Waals surface area contributed by atoms with Gasteiger partial charge in [0.25, 0.3) is 0 Å². The first-order chi connectivity index (χ1) is 60.0. The van der Waals surface area contributed by atoms with E-state index in [1.165, 1.54) is 61.5 Å². The second-order valence-electron chi connectivity index (χ2n) is 26.7. The molecule has 0 saturated heterocycles. The van der Waals surface area contributed by atoms with Gasteiger partial charge in [-0.3, -0.25) is 14.4 Å². The number of amides is 9. The van der Waals surface area contributed by atoms with Crippen molar-refractivity contribution in [2.75, 3.05) is 32.7 Å². The van der Waals surface area contributed by atoms with Crippen LogP contribution in [0.2, 0.25) is 20.1 Å². The van der Waals surface area contributed by atoms with Crippen LogP contribution < -0.4 is 65.1 Å². The minimum absolute atomic E-state index is 0.0299. The lowest BCUT2D eigenvalue weighted by Gasteiger charge is -2.21. The lowest BCUT2D eigenvalue weighted by molar-refractivity contribution is -0.147. The van der Waals surface area contributed by atoms with Crippen LogP contribution in [0.5, 0.6) is 0 Å². The summed E-state index contributed by atoms with van der Waals surface area (Å²) in [6.07, 6.45) is -0.988. The Morgan fingerprint density at radius 3 is 0.865 bits per heavy atom.